The van der Waals surface area contributed by atoms with Crippen LogP contribution in [0.4, 0.5) is 0 Å². The summed E-state index contributed by atoms with van der Waals surface area (Å²) in [6.07, 6.45) is 9.81. The molecule has 0 spiro atoms. The highest BCUT2D eigenvalue weighted by atomic mass is 35.5. The predicted molar refractivity (Wildman–Crippen MR) is 129 cm³/mol. The zero-order chi connectivity index (χ0) is 21.6. The van der Waals surface area contributed by atoms with E-state index in [1.54, 1.807) is 18.5 Å². The molecule has 3 nitrogen and oxygen atoms in total. The number of nitrogens with zero attached hydrogens (tertiary/aromatic N) is 3. The van der Waals surface area contributed by atoms with E-state index in [-0.39, 0.29) is 0 Å². The number of rotatable bonds is 5. The second-order valence-corrected chi connectivity index (χ2v) is 7.69. The van der Waals surface area contributed by atoms with Crippen molar-refractivity contribution in [3.05, 3.63) is 117 Å². The Hall–Kier alpha value is -3.58. The molecule has 4 rings (SSSR count). The molecule has 1 heterocycles. The molecule has 150 valence electrons. The number of imidazole rings is 1. The van der Waals surface area contributed by atoms with Crippen LogP contribution in [0.25, 0.3) is 30.0 Å². The Morgan fingerprint density at radius 2 is 1.26 bits per heavy atom. The van der Waals surface area contributed by atoms with Gasteiger partial charge in [0.1, 0.15) is 6.33 Å². The summed E-state index contributed by atoms with van der Waals surface area (Å²) in [7, 11) is 0. The van der Waals surface area contributed by atoms with E-state index in [9.17, 15) is 0 Å². The van der Waals surface area contributed by atoms with Crippen LogP contribution in [-0.4, -0.2) is 9.55 Å². The van der Waals surface area contributed by atoms with Crippen LogP contribution in [0.2, 0.25) is 10.0 Å². The highest BCUT2D eigenvalue weighted by Crippen LogP contribution is 2.21. The van der Waals surface area contributed by atoms with Gasteiger partial charge in [0.15, 0.2) is 0 Å². The second kappa shape index (κ2) is 9.49. The maximum atomic E-state index is 9.08. The normalized spacial score (nSPS) is 11.3. The highest BCUT2D eigenvalue weighted by molar-refractivity contribution is 6.30. The Kier molecular flexibility index (Phi) is 6.33. The highest BCUT2D eigenvalue weighted by Gasteiger charge is 2.08. The molecule has 0 unspecified atom stereocenters. The quantitative estimate of drug-likeness (QED) is 0.323. The lowest BCUT2D eigenvalue weighted by atomic mass is 10.1. The van der Waals surface area contributed by atoms with Crippen LogP contribution in [0.5, 0.6) is 0 Å². The van der Waals surface area contributed by atoms with E-state index < -0.39 is 0 Å². The van der Waals surface area contributed by atoms with Gasteiger partial charge in [0, 0.05) is 15.7 Å². The van der Waals surface area contributed by atoms with Crippen LogP contribution in [0.3, 0.4) is 0 Å². The lowest BCUT2D eigenvalue weighted by Gasteiger charge is -2.06. The number of aromatic nitrogens is 2. The minimum atomic E-state index is 0.616. The van der Waals surface area contributed by atoms with Crippen LogP contribution in [-0.2, 0) is 0 Å². The minimum Gasteiger partial charge on any atom is -0.299 e. The van der Waals surface area contributed by atoms with E-state index in [1.165, 1.54) is 0 Å². The van der Waals surface area contributed by atoms with Crippen molar-refractivity contribution in [1.29, 1.82) is 5.26 Å². The molecule has 1 aromatic heterocycles. The summed E-state index contributed by atoms with van der Waals surface area (Å²) in [5.74, 6) is 0. The fraction of sp³-hybridized carbons (Fsp3) is 0. The van der Waals surface area contributed by atoms with Crippen molar-refractivity contribution in [3.8, 4) is 11.8 Å². The first-order valence-corrected chi connectivity index (χ1v) is 10.3. The molecule has 0 fully saturated rings. The molecular formula is C26H17Cl2N3. The van der Waals surface area contributed by atoms with Crippen molar-refractivity contribution in [1.82, 2.24) is 9.55 Å². The van der Waals surface area contributed by atoms with Gasteiger partial charge < -0.3 is 0 Å². The molecule has 5 heteroatoms. The van der Waals surface area contributed by atoms with Gasteiger partial charge in [-0.05, 0) is 71.8 Å². The van der Waals surface area contributed by atoms with Crippen LogP contribution in [0, 0.1) is 11.3 Å². The van der Waals surface area contributed by atoms with Gasteiger partial charge in [0.25, 0.3) is 0 Å². The fourth-order valence-electron chi connectivity index (χ4n) is 3.07. The van der Waals surface area contributed by atoms with Crippen molar-refractivity contribution in [2.24, 2.45) is 0 Å². The van der Waals surface area contributed by atoms with Gasteiger partial charge in [-0.25, -0.2) is 4.98 Å². The molecule has 0 atom stereocenters. The number of hydrogen-bond donors (Lipinski definition) is 0. The van der Waals surface area contributed by atoms with Gasteiger partial charge in [-0.1, -0.05) is 59.6 Å². The number of halogens is 2. The molecule has 0 aliphatic carbocycles. The average molecular weight is 442 g/mol. The van der Waals surface area contributed by atoms with Crippen molar-refractivity contribution in [2.45, 2.75) is 0 Å². The van der Waals surface area contributed by atoms with Gasteiger partial charge in [-0.3, -0.25) is 4.57 Å². The first-order chi connectivity index (χ1) is 15.1. The smallest absolute Gasteiger partial charge is 0.100 e. The van der Waals surface area contributed by atoms with Gasteiger partial charge >= 0.3 is 0 Å². The van der Waals surface area contributed by atoms with E-state index in [0.29, 0.717) is 15.6 Å². The second-order valence-electron chi connectivity index (χ2n) is 6.81. The molecule has 0 aliphatic heterocycles. The topological polar surface area (TPSA) is 41.6 Å². The molecule has 0 saturated heterocycles. The molecule has 0 amide bonds. The van der Waals surface area contributed by atoms with Crippen molar-refractivity contribution >= 4 is 47.5 Å². The summed E-state index contributed by atoms with van der Waals surface area (Å²) in [6, 6.07) is 24.8. The Bertz CT molecular complexity index is 1270. The van der Waals surface area contributed by atoms with Crippen molar-refractivity contribution in [3.63, 3.8) is 0 Å². The molecule has 0 aliphatic rings. The first kappa shape index (κ1) is 20.7. The zero-order valence-electron chi connectivity index (χ0n) is 16.4. The molecule has 0 radical (unpaired) electrons. The lowest BCUT2D eigenvalue weighted by molar-refractivity contribution is 1.04. The van der Waals surface area contributed by atoms with Crippen LogP contribution in [0.15, 0.2) is 79.1 Å². The van der Waals surface area contributed by atoms with E-state index in [4.69, 9.17) is 28.5 Å². The average Bonchev–Trinajstić information content (AvgIpc) is 3.21. The molecular weight excluding hydrogens is 425 g/mol. The molecule has 4 aromatic rings. The van der Waals surface area contributed by atoms with E-state index >= 15 is 0 Å². The zero-order valence-corrected chi connectivity index (χ0v) is 17.9. The monoisotopic (exact) mass is 441 g/mol. The van der Waals surface area contributed by atoms with Crippen LogP contribution < -0.4 is 0 Å². The standard InChI is InChI=1S/C26H17Cl2N3/c27-22-9-1-19(2-10-22)7-15-25-26(16-8-20-3-11-23(28)12-4-20)31(18-30-25)24-13-5-21(17-29)6-14-24/h1-16,18H. The SMILES string of the molecule is N#Cc1ccc(-n2cnc(C=Cc3ccc(Cl)cc3)c2C=Cc2ccc(Cl)cc2)cc1. The maximum absolute atomic E-state index is 9.08. The predicted octanol–water partition coefficient (Wildman–Crippen LogP) is 7.39. The van der Waals surface area contributed by atoms with E-state index in [2.05, 4.69) is 11.1 Å². The summed E-state index contributed by atoms with van der Waals surface area (Å²) in [6.45, 7) is 0. The van der Waals surface area contributed by atoms with Gasteiger partial charge in [-0.2, -0.15) is 5.26 Å². The van der Waals surface area contributed by atoms with E-state index in [0.717, 1.165) is 28.2 Å². The summed E-state index contributed by atoms with van der Waals surface area (Å²) >= 11 is 12.0. The third-order valence-electron chi connectivity index (χ3n) is 4.72. The van der Waals surface area contributed by atoms with Gasteiger partial charge in [0.2, 0.25) is 0 Å². The summed E-state index contributed by atoms with van der Waals surface area (Å²) in [5, 5.41) is 10.5. The maximum Gasteiger partial charge on any atom is 0.100 e. The van der Waals surface area contributed by atoms with Crippen LogP contribution >= 0.6 is 23.2 Å². The van der Waals surface area contributed by atoms with Gasteiger partial charge in [-0.15, -0.1) is 0 Å². The molecule has 0 bridgehead atoms. The number of benzene rings is 3. The van der Waals surface area contributed by atoms with E-state index in [1.807, 2.05) is 89.5 Å². The largest absolute Gasteiger partial charge is 0.299 e. The minimum absolute atomic E-state index is 0.616. The number of nitriles is 1. The Morgan fingerprint density at radius 1 is 0.710 bits per heavy atom. The Morgan fingerprint density at radius 3 is 1.81 bits per heavy atom. The Balaban J connectivity index is 1.73. The molecule has 3 aromatic carbocycles. The lowest BCUT2D eigenvalue weighted by Crippen LogP contribution is -1.95. The van der Waals surface area contributed by atoms with Crippen LogP contribution in [0.1, 0.15) is 28.1 Å². The molecule has 0 saturated carbocycles. The summed E-state index contributed by atoms with van der Waals surface area (Å²) in [4.78, 5) is 4.61. The Labute approximate surface area is 191 Å². The van der Waals surface area contributed by atoms with Crippen molar-refractivity contribution in [2.75, 3.05) is 0 Å². The number of hydrogen-bond acceptors (Lipinski definition) is 2. The summed E-state index contributed by atoms with van der Waals surface area (Å²) in [5.41, 5.74) is 5.35. The third kappa shape index (κ3) is 5.13. The third-order valence-corrected chi connectivity index (χ3v) is 5.22. The molecule has 0 N–H and O–H groups in total. The van der Waals surface area contributed by atoms with Crippen molar-refractivity contribution < 1.29 is 0 Å². The van der Waals surface area contributed by atoms with Gasteiger partial charge in [0.05, 0.1) is 23.0 Å². The molecule has 31 heavy (non-hydrogen) atoms. The first-order valence-electron chi connectivity index (χ1n) is 9.57. The fourth-order valence-corrected chi connectivity index (χ4v) is 3.32. The summed E-state index contributed by atoms with van der Waals surface area (Å²) < 4.78 is 2.00.